The minimum Gasteiger partial charge on any atom is -0.454 e. The third kappa shape index (κ3) is 3.78. The van der Waals surface area contributed by atoms with Gasteiger partial charge in [0.15, 0.2) is 11.5 Å². The van der Waals surface area contributed by atoms with E-state index in [0.717, 1.165) is 39.1 Å². The molecule has 5 rings (SSSR count). The van der Waals surface area contributed by atoms with Crippen LogP contribution in [0.25, 0.3) is 10.8 Å². The van der Waals surface area contributed by atoms with Crippen LogP contribution in [0.5, 0.6) is 11.5 Å². The summed E-state index contributed by atoms with van der Waals surface area (Å²) in [4.78, 5) is 17.4. The van der Waals surface area contributed by atoms with Crippen LogP contribution in [0.4, 0.5) is 0 Å². The molecule has 0 N–H and O–H groups in total. The fraction of sp³-hybridized carbons (Fsp3) is 0.292. The number of fused-ring (bicyclic) bond motifs is 2. The molecule has 1 amide bonds. The number of carbonyl (C=O) groups excluding carboxylic acids is 1. The summed E-state index contributed by atoms with van der Waals surface area (Å²) in [7, 11) is 0. The van der Waals surface area contributed by atoms with Crippen molar-refractivity contribution < 1.29 is 14.3 Å². The average molecular weight is 388 g/mol. The van der Waals surface area contributed by atoms with E-state index in [1.54, 1.807) is 6.07 Å². The quantitative estimate of drug-likeness (QED) is 0.682. The highest BCUT2D eigenvalue weighted by Gasteiger charge is 2.23. The van der Waals surface area contributed by atoms with Gasteiger partial charge in [0, 0.05) is 38.3 Å². The second-order valence-corrected chi connectivity index (χ2v) is 7.67. The Labute approximate surface area is 170 Å². The Morgan fingerprint density at radius 1 is 0.828 bits per heavy atom. The van der Waals surface area contributed by atoms with Crippen molar-refractivity contribution in [3.05, 3.63) is 71.8 Å². The SMILES string of the molecule is O=C(c1ccc2c(c1)OCO2)N1CCCN(Cc2ccc3ccccc3c2)CC1. The molecular formula is C24H24N2O3. The smallest absolute Gasteiger partial charge is 0.254 e. The van der Waals surface area contributed by atoms with Gasteiger partial charge >= 0.3 is 0 Å². The van der Waals surface area contributed by atoms with E-state index in [4.69, 9.17) is 9.47 Å². The highest BCUT2D eigenvalue weighted by atomic mass is 16.7. The number of hydrogen-bond donors (Lipinski definition) is 0. The molecule has 0 atom stereocenters. The van der Waals surface area contributed by atoms with Crippen LogP contribution in [0.15, 0.2) is 60.7 Å². The predicted octanol–water partition coefficient (Wildman–Crippen LogP) is 3.92. The minimum absolute atomic E-state index is 0.0656. The third-order valence-electron chi connectivity index (χ3n) is 5.72. The Morgan fingerprint density at radius 3 is 2.62 bits per heavy atom. The van der Waals surface area contributed by atoms with Crippen LogP contribution in [-0.4, -0.2) is 48.7 Å². The molecular weight excluding hydrogens is 364 g/mol. The molecule has 0 bridgehead atoms. The first-order chi connectivity index (χ1) is 14.3. The van der Waals surface area contributed by atoms with Crippen LogP contribution in [0.1, 0.15) is 22.3 Å². The summed E-state index contributed by atoms with van der Waals surface area (Å²) >= 11 is 0. The summed E-state index contributed by atoms with van der Waals surface area (Å²) in [5.74, 6) is 1.43. The van der Waals surface area contributed by atoms with Crippen molar-refractivity contribution in [2.24, 2.45) is 0 Å². The molecule has 0 unspecified atom stereocenters. The predicted molar refractivity (Wildman–Crippen MR) is 112 cm³/mol. The fourth-order valence-electron chi connectivity index (χ4n) is 4.14. The molecule has 29 heavy (non-hydrogen) atoms. The number of hydrogen-bond acceptors (Lipinski definition) is 4. The first-order valence-electron chi connectivity index (χ1n) is 10.2. The maximum Gasteiger partial charge on any atom is 0.254 e. The highest BCUT2D eigenvalue weighted by molar-refractivity contribution is 5.95. The minimum atomic E-state index is 0.0656. The van der Waals surface area contributed by atoms with Gasteiger partial charge in [0.1, 0.15) is 0 Å². The van der Waals surface area contributed by atoms with Crippen LogP contribution in [-0.2, 0) is 6.54 Å². The zero-order chi connectivity index (χ0) is 19.6. The van der Waals surface area contributed by atoms with Crippen LogP contribution >= 0.6 is 0 Å². The summed E-state index contributed by atoms with van der Waals surface area (Å²) in [6.07, 6.45) is 0.976. The van der Waals surface area contributed by atoms with Gasteiger partial charge in [-0.15, -0.1) is 0 Å². The molecule has 0 aromatic heterocycles. The molecule has 3 aromatic rings. The summed E-state index contributed by atoms with van der Waals surface area (Å²) in [5.41, 5.74) is 1.98. The van der Waals surface area contributed by atoms with E-state index in [1.165, 1.54) is 16.3 Å². The molecule has 2 aliphatic rings. The number of benzene rings is 3. The van der Waals surface area contributed by atoms with Gasteiger partial charge < -0.3 is 14.4 Å². The monoisotopic (exact) mass is 388 g/mol. The first-order valence-corrected chi connectivity index (χ1v) is 10.2. The van der Waals surface area contributed by atoms with Crippen molar-refractivity contribution in [3.8, 4) is 11.5 Å². The van der Waals surface area contributed by atoms with Crippen molar-refractivity contribution in [1.29, 1.82) is 0 Å². The molecule has 1 fully saturated rings. The molecule has 0 aliphatic carbocycles. The largest absolute Gasteiger partial charge is 0.454 e. The summed E-state index contributed by atoms with van der Waals surface area (Å²) in [5, 5.41) is 2.55. The van der Waals surface area contributed by atoms with Gasteiger partial charge in [0.05, 0.1) is 0 Å². The fourth-order valence-corrected chi connectivity index (χ4v) is 4.14. The van der Waals surface area contributed by atoms with Crippen molar-refractivity contribution in [2.75, 3.05) is 33.0 Å². The normalized spacial score (nSPS) is 16.8. The molecule has 1 saturated heterocycles. The first kappa shape index (κ1) is 18.0. The van der Waals surface area contributed by atoms with Gasteiger partial charge in [-0.1, -0.05) is 36.4 Å². The van der Waals surface area contributed by atoms with E-state index in [1.807, 2.05) is 17.0 Å². The highest BCUT2D eigenvalue weighted by Crippen LogP contribution is 2.33. The number of ether oxygens (including phenoxy) is 2. The van der Waals surface area contributed by atoms with Gasteiger partial charge in [0.25, 0.3) is 5.91 Å². The van der Waals surface area contributed by atoms with Crippen molar-refractivity contribution >= 4 is 16.7 Å². The van der Waals surface area contributed by atoms with E-state index in [2.05, 4.69) is 47.4 Å². The number of rotatable bonds is 3. The van der Waals surface area contributed by atoms with E-state index >= 15 is 0 Å². The molecule has 2 aliphatic heterocycles. The Morgan fingerprint density at radius 2 is 1.69 bits per heavy atom. The second kappa shape index (κ2) is 7.76. The van der Waals surface area contributed by atoms with E-state index in [-0.39, 0.29) is 12.7 Å². The Balaban J connectivity index is 1.24. The van der Waals surface area contributed by atoms with E-state index in [9.17, 15) is 4.79 Å². The van der Waals surface area contributed by atoms with Gasteiger partial charge in [-0.05, 0) is 47.0 Å². The van der Waals surface area contributed by atoms with Gasteiger partial charge in [-0.2, -0.15) is 0 Å². The zero-order valence-corrected chi connectivity index (χ0v) is 16.3. The lowest BCUT2D eigenvalue weighted by Crippen LogP contribution is -2.35. The Kier molecular flexibility index (Phi) is 4.82. The Hall–Kier alpha value is -3.05. The van der Waals surface area contributed by atoms with Crippen LogP contribution in [0.2, 0.25) is 0 Å². The van der Waals surface area contributed by atoms with Crippen LogP contribution in [0.3, 0.4) is 0 Å². The topological polar surface area (TPSA) is 42.0 Å². The number of carbonyl (C=O) groups is 1. The maximum absolute atomic E-state index is 13.0. The molecule has 0 spiro atoms. The van der Waals surface area contributed by atoms with Crippen molar-refractivity contribution in [2.45, 2.75) is 13.0 Å². The summed E-state index contributed by atoms with van der Waals surface area (Å²) in [6, 6.07) is 20.6. The van der Waals surface area contributed by atoms with Gasteiger partial charge in [-0.25, -0.2) is 0 Å². The lowest BCUT2D eigenvalue weighted by atomic mass is 10.1. The molecule has 3 aromatic carbocycles. The van der Waals surface area contributed by atoms with Crippen molar-refractivity contribution in [1.82, 2.24) is 9.80 Å². The molecule has 2 heterocycles. The second-order valence-electron chi connectivity index (χ2n) is 7.67. The zero-order valence-electron chi connectivity index (χ0n) is 16.3. The van der Waals surface area contributed by atoms with Crippen LogP contribution < -0.4 is 9.47 Å². The lowest BCUT2D eigenvalue weighted by Gasteiger charge is -2.22. The van der Waals surface area contributed by atoms with E-state index < -0.39 is 0 Å². The average Bonchev–Trinajstić information content (AvgIpc) is 3.11. The summed E-state index contributed by atoms with van der Waals surface area (Å²) < 4.78 is 10.8. The molecule has 0 radical (unpaired) electrons. The molecule has 5 nitrogen and oxygen atoms in total. The standard InChI is InChI=1S/C24H24N2O3/c27-24(21-8-9-22-23(15-21)29-17-28-22)26-11-3-10-25(12-13-26)16-18-6-7-19-4-1-2-5-20(19)14-18/h1-2,4-9,14-15H,3,10-13,16-17H2. The van der Waals surface area contributed by atoms with Crippen LogP contribution in [0, 0.1) is 0 Å². The van der Waals surface area contributed by atoms with Crippen molar-refractivity contribution in [3.63, 3.8) is 0 Å². The third-order valence-corrected chi connectivity index (χ3v) is 5.72. The Bertz CT molecular complexity index is 1050. The maximum atomic E-state index is 13.0. The number of nitrogens with zero attached hydrogens (tertiary/aromatic N) is 2. The molecule has 148 valence electrons. The summed E-state index contributed by atoms with van der Waals surface area (Å²) in [6.45, 7) is 4.53. The number of amides is 1. The van der Waals surface area contributed by atoms with Gasteiger partial charge in [-0.3, -0.25) is 9.69 Å². The molecule has 0 saturated carbocycles. The van der Waals surface area contributed by atoms with Gasteiger partial charge in [0.2, 0.25) is 6.79 Å². The molecule has 5 heteroatoms. The van der Waals surface area contributed by atoms with E-state index in [0.29, 0.717) is 17.1 Å². The lowest BCUT2D eigenvalue weighted by molar-refractivity contribution is 0.0760.